The molecular formula is C13H19BrN2O. The number of anilines is 1. The first kappa shape index (κ1) is 12.9. The minimum absolute atomic E-state index is 0.0586. The third kappa shape index (κ3) is 3.44. The number of nitrogen functional groups attached to an aromatic ring is 1. The topological polar surface area (TPSA) is 49.5 Å². The average molecular weight is 299 g/mol. The third-order valence-electron chi connectivity index (χ3n) is 3.29. The zero-order chi connectivity index (χ0) is 12.4. The van der Waals surface area contributed by atoms with Crippen LogP contribution in [0.3, 0.4) is 0 Å². The highest BCUT2D eigenvalue weighted by Crippen LogP contribution is 2.28. The van der Waals surface area contributed by atoms with E-state index in [-0.39, 0.29) is 6.10 Å². The fourth-order valence-corrected chi connectivity index (χ4v) is 2.60. The van der Waals surface area contributed by atoms with E-state index in [0.29, 0.717) is 5.92 Å². The molecule has 1 aliphatic rings. The highest BCUT2D eigenvalue weighted by molar-refractivity contribution is 9.10. The Morgan fingerprint density at radius 2 is 2.18 bits per heavy atom. The molecule has 0 radical (unpaired) electrons. The number of aliphatic hydroxyl groups is 1. The van der Waals surface area contributed by atoms with E-state index in [2.05, 4.69) is 33.9 Å². The van der Waals surface area contributed by atoms with Gasteiger partial charge in [0, 0.05) is 23.2 Å². The van der Waals surface area contributed by atoms with Crippen molar-refractivity contribution in [2.75, 3.05) is 19.3 Å². The third-order valence-corrected chi connectivity index (χ3v) is 4.02. The molecule has 1 aromatic carbocycles. The largest absolute Gasteiger partial charge is 0.398 e. The summed E-state index contributed by atoms with van der Waals surface area (Å²) in [5.74, 6) is 0.655. The lowest BCUT2D eigenvalue weighted by atomic mass is 9.82. The lowest BCUT2D eigenvalue weighted by molar-refractivity contribution is 0.0274. The molecule has 0 aromatic heterocycles. The van der Waals surface area contributed by atoms with Crippen molar-refractivity contribution < 1.29 is 5.11 Å². The minimum Gasteiger partial charge on any atom is -0.398 e. The number of benzene rings is 1. The summed E-state index contributed by atoms with van der Waals surface area (Å²) in [4.78, 5) is 2.29. The van der Waals surface area contributed by atoms with Gasteiger partial charge in [-0.1, -0.05) is 6.07 Å². The van der Waals surface area contributed by atoms with Crippen LogP contribution in [-0.4, -0.2) is 29.7 Å². The summed E-state index contributed by atoms with van der Waals surface area (Å²) in [6.07, 6.45) is 1.84. The van der Waals surface area contributed by atoms with Crippen molar-refractivity contribution in [3.8, 4) is 0 Å². The Morgan fingerprint density at radius 1 is 1.47 bits per heavy atom. The monoisotopic (exact) mass is 298 g/mol. The Balaban J connectivity index is 1.85. The maximum Gasteiger partial charge on any atom is 0.0546 e. The van der Waals surface area contributed by atoms with Gasteiger partial charge in [-0.25, -0.2) is 0 Å². The fraction of sp³-hybridized carbons (Fsp3) is 0.538. The van der Waals surface area contributed by atoms with Crippen molar-refractivity contribution in [1.29, 1.82) is 0 Å². The first-order valence-electron chi connectivity index (χ1n) is 5.95. The van der Waals surface area contributed by atoms with Crippen LogP contribution in [0.2, 0.25) is 0 Å². The summed E-state index contributed by atoms with van der Waals surface area (Å²) in [6, 6.07) is 6.09. The Hall–Kier alpha value is -0.580. The van der Waals surface area contributed by atoms with Gasteiger partial charge < -0.3 is 15.7 Å². The molecule has 1 aliphatic carbocycles. The van der Waals surface area contributed by atoms with Gasteiger partial charge in [0.2, 0.25) is 0 Å². The number of nitrogens with two attached hydrogens (primary N) is 1. The van der Waals surface area contributed by atoms with E-state index in [1.165, 1.54) is 5.56 Å². The predicted octanol–water partition coefficient (Wildman–Crippen LogP) is 2.23. The zero-order valence-corrected chi connectivity index (χ0v) is 11.7. The number of hydrogen-bond acceptors (Lipinski definition) is 3. The molecule has 0 spiro atoms. The number of hydrogen-bond donors (Lipinski definition) is 2. The molecule has 0 atom stereocenters. The summed E-state index contributed by atoms with van der Waals surface area (Å²) < 4.78 is 0.950. The van der Waals surface area contributed by atoms with Crippen molar-refractivity contribution in [2.45, 2.75) is 25.5 Å². The summed E-state index contributed by atoms with van der Waals surface area (Å²) in [6.45, 7) is 1.96. The second-order valence-electron chi connectivity index (χ2n) is 5.04. The van der Waals surface area contributed by atoms with Crippen molar-refractivity contribution in [2.24, 2.45) is 5.92 Å². The number of halogens is 1. The van der Waals surface area contributed by atoms with Gasteiger partial charge in [0.1, 0.15) is 0 Å². The summed E-state index contributed by atoms with van der Waals surface area (Å²) in [5, 5.41) is 9.25. The van der Waals surface area contributed by atoms with Crippen LogP contribution in [0, 0.1) is 5.92 Å². The Labute approximate surface area is 111 Å². The normalized spacial score (nSPS) is 23.8. The van der Waals surface area contributed by atoms with Crippen LogP contribution >= 0.6 is 15.9 Å². The average Bonchev–Trinajstić information content (AvgIpc) is 2.21. The molecule has 1 aromatic rings. The lowest BCUT2D eigenvalue weighted by Crippen LogP contribution is -2.36. The van der Waals surface area contributed by atoms with Crippen molar-refractivity contribution in [3.63, 3.8) is 0 Å². The first-order valence-corrected chi connectivity index (χ1v) is 6.74. The molecule has 0 amide bonds. The van der Waals surface area contributed by atoms with Gasteiger partial charge in [0.25, 0.3) is 0 Å². The van der Waals surface area contributed by atoms with Gasteiger partial charge in [-0.15, -0.1) is 0 Å². The summed E-state index contributed by atoms with van der Waals surface area (Å²) in [5.41, 5.74) is 7.87. The molecule has 0 unspecified atom stereocenters. The van der Waals surface area contributed by atoms with E-state index in [9.17, 15) is 5.11 Å². The van der Waals surface area contributed by atoms with Crippen molar-refractivity contribution in [3.05, 3.63) is 28.2 Å². The SMILES string of the molecule is CN(Cc1ccc(Br)c(N)c1)CC1CC(O)C1. The van der Waals surface area contributed by atoms with Crippen LogP contribution in [0.4, 0.5) is 5.69 Å². The molecule has 4 heteroatoms. The van der Waals surface area contributed by atoms with Gasteiger partial charge in [0.05, 0.1) is 6.10 Å². The van der Waals surface area contributed by atoms with Gasteiger partial charge >= 0.3 is 0 Å². The molecule has 3 N–H and O–H groups in total. The van der Waals surface area contributed by atoms with E-state index in [4.69, 9.17) is 5.73 Å². The molecule has 17 heavy (non-hydrogen) atoms. The molecule has 0 bridgehead atoms. The van der Waals surface area contributed by atoms with Crippen molar-refractivity contribution in [1.82, 2.24) is 4.90 Å². The van der Waals surface area contributed by atoms with Crippen LogP contribution in [-0.2, 0) is 6.54 Å². The van der Waals surface area contributed by atoms with Crippen LogP contribution in [0.15, 0.2) is 22.7 Å². The molecule has 0 aliphatic heterocycles. The molecule has 1 saturated carbocycles. The van der Waals surface area contributed by atoms with E-state index >= 15 is 0 Å². The maximum atomic E-state index is 9.25. The van der Waals surface area contributed by atoms with Crippen LogP contribution in [0.1, 0.15) is 18.4 Å². The van der Waals surface area contributed by atoms with Gasteiger partial charge in [-0.3, -0.25) is 0 Å². The van der Waals surface area contributed by atoms with Crippen LogP contribution in [0.5, 0.6) is 0 Å². The van der Waals surface area contributed by atoms with Crippen LogP contribution < -0.4 is 5.73 Å². The quantitative estimate of drug-likeness (QED) is 0.838. The first-order chi connectivity index (χ1) is 8.04. The smallest absolute Gasteiger partial charge is 0.0546 e. The molecular weight excluding hydrogens is 280 g/mol. The van der Waals surface area contributed by atoms with E-state index in [1.54, 1.807) is 0 Å². The molecule has 1 fully saturated rings. The van der Waals surface area contributed by atoms with Crippen LogP contribution in [0.25, 0.3) is 0 Å². The number of aliphatic hydroxyl groups excluding tert-OH is 1. The zero-order valence-electron chi connectivity index (χ0n) is 10.1. The maximum absolute atomic E-state index is 9.25. The molecule has 94 valence electrons. The molecule has 0 heterocycles. The van der Waals surface area contributed by atoms with Gasteiger partial charge in [0.15, 0.2) is 0 Å². The van der Waals surface area contributed by atoms with Gasteiger partial charge in [-0.05, 0) is 59.4 Å². The highest BCUT2D eigenvalue weighted by Gasteiger charge is 2.27. The highest BCUT2D eigenvalue weighted by atomic mass is 79.9. The Bertz CT molecular complexity index is 391. The lowest BCUT2D eigenvalue weighted by Gasteiger charge is -2.34. The van der Waals surface area contributed by atoms with Gasteiger partial charge in [-0.2, -0.15) is 0 Å². The standard InChI is InChI=1S/C13H19BrN2O/c1-16(8-10-4-11(17)5-10)7-9-2-3-12(14)13(15)6-9/h2-3,6,10-11,17H,4-5,7-8,15H2,1H3. The Kier molecular flexibility index (Phi) is 4.07. The molecule has 2 rings (SSSR count). The summed E-state index contributed by atoms with van der Waals surface area (Å²) >= 11 is 3.40. The predicted molar refractivity (Wildman–Crippen MR) is 73.6 cm³/mol. The summed E-state index contributed by atoms with van der Waals surface area (Å²) in [7, 11) is 2.11. The minimum atomic E-state index is -0.0586. The Morgan fingerprint density at radius 3 is 2.76 bits per heavy atom. The second-order valence-corrected chi connectivity index (χ2v) is 5.90. The van der Waals surface area contributed by atoms with Crippen molar-refractivity contribution >= 4 is 21.6 Å². The second kappa shape index (κ2) is 5.38. The number of nitrogens with zero attached hydrogens (tertiary/aromatic N) is 1. The molecule has 3 nitrogen and oxygen atoms in total. The van der Waals surface area contributed by atoms with E-state index in [0.717, 1.165) is 36.1 Å². The molecule has 0 saturated heterocycles. The van der Waals surface area contributed by atoms with E-state index in [1.807, 2.05) is 12.1 Å². The van der Waals surface area contributed by atoms with E-state index < -0.39 is 0 Å². The fourth-order valence-electron chi connectivity index (χ4n) is 2.36. The number of rotatable bonds is 4.